The molecule has 25 heavy (non-hydrogen) atoms. The summed E-state index contributed by atoms with van der Waals surface area (Å²) in [6.45, 7) is 2.53. The summed E-state index contributed by atoms with van der Waals surface area (Å²) in [4.78, 5) is 12.4. The number of carbonyl (C=O) groups is 1. The van der Waals surface area contributed by atoms with Gasteiger partial charge in [0, 0.05) is 12.2 Å². The predicted molar refractivity (Wildman–Crippen MR) is 90.2 cm³/mol. The van der Waals surface area contributed by atoms with Crippen LogP contribution < -0.4 is 10.6 Å². The van der Waals surface area contributed by atoms with Gasteiger partial charge in [-0.25, -0.2) is 0 Å². The summed E-state index contributed by atoms with van der Waals surface area (Å²) < 4.78 is 44.8. The van der Waals surface area contributed by atoms with Crippen LogP contribution in [0.25, 0.3) is 0 Å². The minimum absolute atomic E-state index is 0. The molecule has 1 atom stereocenters. The molecule has 2 saturated heterocycles. The number of benzene rings is 1. The monoisotopic (exact) mass is 378 g/mol. The van der Waals surface area contributed by atoms with Crippen molar-refractivity contribution in [2.45, 2.75) is 37.4 Å². The smallest absolute Gasteiger partial charge is 0.379 e. The van der Waals surface area contributed by atoms with Crippen LogP contribution in [0.1, 0.15) is 46.7 Å². The molecule has 4 nitrogen and oxygen atoms in total. The van der Waals surface area contributed by atoms with Crippen molar-refractivity contribution in [1.29, 1.82) is 0 Å². The Labute approximate surface area is 150 Å². The minimum atomic E-state index is -4.46. The Morgan fingerprint density at radius 1 is 1.16 bits per heavy atom. The molecule has 1 aromatic carbocycles. The van der Waals surface area contributed by atoms with Gasteiger partial charge in [0.2, 0.25) is 0 Å². The van der Waals surface area contributed by atoms with Crippen LogP contribution in [-0.4, -0.2) is 38.3 Å². The molecule has 0 saturated carbocycles. The molecule has 0 bridgehead atoms. The van der Waals surface area contributed by atoms with Crippen molar-refractivity contribution in [2.24, 2.45) is 0 Å². The normalized spacial score (nSPS) is 21.6. The van der Waals surface area contributed by atoms with Gasteiger partial charge in [-0.05, 0) is 62.0 Å². The van der Waals surface area contributed by atoms with E-state index in [1.165, 1.54) is 6.07 Å². The van der Waals surface area contributed by atoms with Crippen molar-refractivity contribution < 1.29 is 22.7 Å². The van der Waals surface area contributed by atoms with E-state index >= 15 is 0 Å². The fourth-order valence-electron chi connectivity index (χ4n) is 3.25. The van der Waals surface area contributed by atoms with Crippen LogP contribution in [0.3, 0.4) is 0 Å². The van der Waals surface area contributed by atoms with E-state index in [0.29, 0.717) is 25.2 Å². The van der Waals surface area contributed by atoms with Crippen LogP contribution in [0.2, 0.25) is 0 Å². The number of halogens is 4. The van der Waals surface area contributed by atoms with Gasteiger partial charge in [-0.15, -0.1) is 12.4 Å². The maximum absolute atomic E-state index is 13.2. The Morgan fingerprint density at radius 2 is 1.88 bits per heavy atom. The van der Waals surface area contributed by atoms with Gasteiger partial charge >= 0.3 is 6.18 Å². The lowest BCUT2D eigenvalue weighted by atomic mass is 9.88. The van der Waals surface area contributed by atoms with E-state index in [-0.39, 0.29) is 29.9 Å². The zero-order chi connectivity index (χ0) is 17.2. The summed E-state index contributed by atoms with van der Waals surface area (Å²) in [7, 11) is 0. The van der Waals surface area contributed by atoms with E-state index in [2.05, 4.69) is 10.6 Å². The van der Waals surface area contributed by atoms with E-state index in [1.807, 2.05) is 0 Å². The second-order valence-corrected chi connectivity index (χ2v) is 6.40. The molecule has 0 aliphatic carbocycles. The fourth-order valence-corrected chi connectivity index (χ4v) is 3.25. The first kappa shape index (κ1) is 20.0. The van der Waals surface area contributed by atoms with Gasteiger partial charge in [0.15, 0.2) is 0 Å². The van der Waals surface area contributed by atoms with Gasteiger partial charge in [0.1, 0.15) is 0 Å². The summed E-state index contributed by atoms with van der Waals surface area (Å²) in [5.74, 6) is -0.415. The molecule has 2 fully saturated rings. The van der Waals surface area contributed by atoms with E-state index in [4.69, 9.17) is 4.74 Å². The van der Waals surface area contributed by atoms with Crippen LogP contribution in [0.4, 0.5) is 13.2 Å². The third kappa shape index (κ3) is 5.09. The van der Waals surface area contributed by atoms with Crippen LogP contribution in [-0.2, 0) is 10.9 Å². The van der Waals surface area contributed by atoms with Crippen molar-refractivity contribution >= 4 is 18.3 Å². The molecule has 1 amide bonds. The van der Waals surface area contributed by atoms with Gasteiger partial charge in [0.25, 0.3) is 5.91 Å². The van der Waals surface area contributed by atoms with Gasteiger partial charge < -0.3 is 15.4 Å². The summed E-state index contributed by atoms with van der Waals surface area (Å²) >= 11 is 0. The van der Waals surface area contributed by atoms with Gasteiger partial charge in [-0.3, -0.25) is 4.79 Å². The highest BCUT2D eigenvalue weighted by Gasteiger charge is 2.33. The molecule has 8 heteroatoms. The second kappa shape index (κ2) is 8.38. The van der Waals surface area contributed by atoms with Crippen molar-refractivity contribution in [2.75, 3.05) is 26.3 Å². The average molecular weight is 379 g/mol. The van der Waals surface area contributed by atoms with Crippen LogP contribution in [0.15, 0.2) is 18.2 Å². The lowest BCUT2D eigenvalue weighted by Gasteiger charge is -2.24. The third-order valence-electron chi connectivity index (χ3n) is 4.62. The average Bonchev–Trinajstić information content (AvgIpc) is 3.07. The maximum atomic E-state index is 13.2. The molecule has 2 aliphatic rings. The number of hydrogen-bond acceptors (Lipinski definition) is 3. The maximum Gasteiger partial charge on any atom is 0.416 e. The van der Waals surface area contributed by atoms with Gasteiger partial charge in [0.05, 0.1) is 18.2 Å². The number of hydrogen-bond donors (Lipinski definition) is 2. The first-order chi connectivity index (χ1) is 11.4. The molecule has 0 aromatic heterocycles. The molecule has 0 radical (unpaired) electrons. The molecule has 140 valence electrons. The second-order valence-electron chi connectivity index (χ2n) is 6.40. The van der Waals surface area contributed by atoms with Crippen LogP contribution in [0.5, 0.6) is 0 Å². The molecular weight excluding hydrogens is 357 g/mol. The van der Waals surface area contributed by atoms with E-state index < -0.39 is 17.6 Å². The highest BCUT2D eigenvalue weighted by atomic mass is 35.5. The topological polar surface area (TPSA) is 50.4 Å². The van der Waals surface area contributed by atoms with E-state index in [0.717, 1.165) is 32.0 Å². The summed E-state index contributed by atoms with van der Waals surface area (Å²) in [5.41, 5.74) is -0.0873. The van der Waals surface area contributed by atoms with Crippen molar-refractivity contribution in [1.82, 2.24) is 10.6 Å². The van der Waals surface area contributed by atoms with Crippen LogP contribution in [0, 0.1) is 0 Å². The standard InChI is InChI=1S/C17H21F3N2O2.ClH/c18-17(19,20)14-8-12(11-1-4-21-5-2-11)7-13(9-14)16(23)22-15-3-6-24-10-15;/h7-9,11,15,21H,1-6,10H2,(H,22,23);1H. The Balaban J connectivity index is 0.00000225. The Bertz CT molecular complexity index is 598. The minimum Gasteiger partial charge on any atom is -0.379 e. The highest BCUT2D eigenvalue weighted by molar-refractivity contribution is 5.94. The zero-order valence-electron chi connectivity index (χ0n) is 13.7. The Kier molecular flexibility index (Phi) is 6.71. The first-order valence-corrected chi connectivity index (χ1v) is 8.25. The Hall–Kier alpha value is -1.31. The van der Waals surface area contributed by atoms with E-state index in [9.17, 15) is 18.0 Å². The third-order valence-corrected chi connectivity index (χ3v) is 4.62. The molecule has 1 unspecified atom stereocenters. The molecule has 2 N–H and O–H groups in total. The molecule has 2 heterocycles. The molecule has 0 spiro atoms. The largest absolute Gasteiger partial charge is 0.416 e. The number of alkyl halides is 3. The highest BCUT2D eigenvalue weighted by Crippen LogP contribution is 2.34. The number of amides is 1. The van der Waals surface area contributed by atoms with Crippen molar-refractivity contribution in [3.8, 4) is 0 Å². The van der Waals surface area contributed by atoms with Crippen LogP contribution >= 0.6 is 12.4 Å². The lowest BCUT2D eigenvalue weighted by molar-refractivity contribution is -0.137. The number of rotatable bonds is 3. The predicted octanol–water partition coefficient (Wildman–Crippen LogP) is 3.11. The number of carbonyl (C=O) groups excluding carboxylic acids is 1. The first-order valence-electron chi connectivity index (χ1n) is 8.25. The molecule has 3 rings (SSSR count). The lowest BCUT2D eigenvalue weighted by Crippen LogP contribution is -2.35. The Morgan fingerprint density at radius 3 is 2.48 bits per heavy atom. The number of ether oxygens (including phenoxy) is 1. The molecule has 2 aliphatic heterocycles. The van der Waals surface area contributed by atoms with Gasteiger partial charge in [-0.1, -0.05) is 0 Å². The quantitative estimate of drug-likeness (QED) is 0.849. The molecule has 1 aromatic rings. The number of piperidine rings is 1. The fraction of sp³-hybridized carbons (Fsp3) is 0.588. The van der Waals surface area contributed by atoms with Gasteiger partial charge in [-0.2, -0.15) is 13.2 Å². The summed E-state index contributed by atoms with van der Waals surface area (Å²) in [6, 6.07) is 3.60. The van der Waals surface area contributed by atoms with E-state index in [1.54, 1.807) is 6.07 Å². The molecular formula is C17H22ClF3N2O2. The summed E-state index contributed by atoms with van der Waals surface area (Å²) in [5, 5.41) is 5.96. The zero-order valence-corrected chi connectivity index (χ0v) is 14.5. The summed E-state index contributed by atoms with van der Waals surface area (Å²) in [6.07, 6.45) is -2.22. The van der Waals surface area contributed by atoms with Crippen molar-refractivity contribution in [3.63, 3.8) is 0 Å². The number of nitrogens with one attached hydrogen (secondary N) is 2. The SMILES string of the molecule is Cl.O=C(NC1CCOC1)c1cc(C2CCNCC2)cc(C(F)(F)F)c1. The van der Waals surface area contributed by atoms with Crippen molar-refractivity contribution in [3.05, 3.63) is 34.9 Å².